The predicted octanol–water partition coefficient (Wildman–Crippen LogP) is 2.65. The fourth-order valence-corrected chi connectivity index (χ4v) is 3.15. The lowest BCUT2D eigenvalue weighted by Gasteiger charge is -2.22. The molecule has 0 amide bonds. The van der Waals surface area contributed by atoms with Crippen LogP contribution in [0.4, 0.5) is 0 Å². The van der Waals surface area contributed by atoms with Crippen molar-refractivity contribution in [2.75, 3.05) is 28.1 Å². The van der Waals surface area contributed by atoms with E-state index in [2.05, 4.69) is 0 Å². The number of fused-ring (bicyclic) bond motifs is 1. The summed E-state index contributed by atoms with van der Waals surface area (Å²) < 4.78 is 27.3. The van der Waals surface area contributed by atoms with Crippen LogP contribution in [0.2, 0.25) is 0 Å². The topological polar surface area (TPSA) is 86.6 Å². The number of methoxy groups -OCH3 is 3. The van der Waals surface area contributed by atoms with Gasteiger partial charge in [0, 0.05) is 5.56 Å². The molecule has 0 aromatic heterocycles. The van der Waals surface area contributed by atoms with E-state index in [0.717, 1.165) is 0 Å². The van der Waals surface area contributed by atoms with Crippen molar-refractivity contribution >= 4 is 0 Å². The zero-order chi connectivity index (χ0) is 18.8. The van der Waals surface area contributed by atoms with Crippen molar-refractivity contribution in [3.63, 3.8) is 0 Å². The first kappa shape index (κ1) is 18.2. The van der Waals surface area contributed by atoms with Gasteiger partial charge in [-0.2, -0.15) is 0 Å². The number of aliphatic hydroxyl groups is 2. The van der Waals surface area contributed by atoms with Crippen LogP contribution in [-0.4, -0.2) is 38.3 Å². The second kappa shape index (κ2) is 7.31. The van der Waals surface area contributed by atoms with Gasteiger partial charge in [-0.25, -0.2) is 0 Å². The van der Waals surface area contributed by atoms with Gasteiger partial charge in [0.1, 0.15) is 0 Å². The quantitative estimate of drug-likeness (QED) is 0.817. The van der Waals surface area contributed by atoms with Gasteiger partial charge in [-0.1, -0.05) is 0 Å². The maximum absolute atomic E-state index is 10.3. The fraction of sp³-hybridized carbons (Fsp3) is 0.368. The molecule has 0 radical (unpaired) electrons. The number of ether oxygens (including phenoxy) is 5. The summed E-state index contributed by atoms with van der Waals surface area (Å²) in [4.78, 5) is 0. The van der Waals surface area contributed by atoms with Gasteiger partial charge in [0.25, 0.3) is 0 Å². The lowest BCUT2D eigenvalue weighted by molar-refractivity contribution is 0.173. The number of benzene rings is 2. The number of aliphatic hydroxyl groups excluding tert-OH is 2. The lowest BCUT2D eigenvalue weighted by Crippen LogP contribution is -2.04. The average molecular weight is 362 g/mol. The zero-order valence-electron chi connectivity index (χ0n) is 15.2. The van der Waals surface area contributed by atoms with Crippen molar-refractivity contribution in [2.45, 2.75) is 19.6 Å². The van der Waals surface area contributed by atoms with Crippen molar-refractivity contribution < 1.29 is 33.9 Å². The molecule has 2 aromatic rings. The molecule has 1 atom stereocenters. The Kier molecular flexibility index (Phi) is 5.11. The minimum atomic E-state index is -0.774. The molecular weight excluding hydrogens is 340 g/mol. The first-order chi connectivity index (χ1) is 12.5. The van der Waals surface area contributed by atoms with Crippen LogP contribution < -0.4 is 23.7 Å². The molecule has 1 unspecified atom stereocenters. The summed E-state index contributed by atoms with van der Waals surface area (Å²) in [6, 6.07) is 5.19. The minimum Gasteiger partial charge on any atom is -0.493 e. The normalized spacial score (nSPS) is 13.5. The molecule has 26 heavy (non-hydrogen) atoms. The first-order valence-corrected chi connectivity index (χ1v) is 8.10. The molecule has 7 heteroatoms. The van der Waals surface area contributed by atoms with Crippen LogP contribution in [0.15, 0.2) is 18.2 Å². The first-order valence-electron chi connectivity index (χ1n) is 8.10. The minimum absolute atomic E-state index is 0.119. The smallest absolute Gasteiger partial charge is 0.231 e. The summed E-state index contributed by atoms with van der Waals surface area (Å²) >= 11 is 0. The predicted molar refractivity (Wildman–Crippen MR) is 94.2 cm³/mol. The number of hydrogen-bond donors (Lipinski definition) is 2. The second-order valence-electron chi connectivity index (χ2n) is 5.81. The molecule has 3 rings (SSSR count). The van der Waals surface area contributed by atoms with Gasteiger partial charge in [-0.05, 0) is 41.8 Å². The molecule has 0 saturated heterocycles. The Morgan fingerprint density at radius 3 is 2.19 bits per heavy atom. The van der Waals surface area contributed by atoms with Gasteiger partial charge in [0.2, 0.25) is 12.5 Å². The highest BCUT2D eigenvalue weighted by molar-refractivity contribution is 5.83. The Bertz CT molecular complexity index is 814. The lowest BCUT2D eigenvalue weighted by atomic mass is 9.91. The van der Waals surface area contributed by atoms with Crippen molar-refractivity contribution in [1.82, 2.24) is 0 Å². The Morgan fingerprint density at radius 2 is 1.65 bits per heavy atom. The molecule has 0 saturated carbocycles. The maximum atomic E-state index is 10.3. The van der Waals surface area contributed by atoms with Crippen molar-refractivity contribution in [3.8, 4) is 39.9 Å². The van der Waals surface area contributed by atoms with E-state index in [-0.39, 0.29) is 13.4 Å². The number of hydrogen-bond acceptors (Lipinski definition) is 7. The molecule has 1 heterocycles. The van der Waals surface area contributed by atoms with Crippen LogP contribution >= 0.6 is 0 Å². The molecule has 140 valence electrons. The summed E-state index contributed by atoms with van der Waals surface area (Å²) in [6.07, 6.45) is -0.774. The molecule has 0 spiro atoms. The third-order valence-electron chi connectivity index (χ3n) is 4.35. The Balaban J connectivity index is 2.36. The zero-order valence-corrected chi connectivity index (χ0v) is 15.2. The third kappa shape index (κ3) is 2.89. The third-order valence-corrected chi connectivity index (χ3v) is 4.35. The van der Waals surface area contributed by atoms with E-state index in [0.29, 0.717) is 51.0 Å². The maximum Gasteiger partial charge on any atom is 0.231 e. The Labute approximate surface area is 151 Å². The summed E-state index contributed by atoms with van der Waals surface area (Å²) in [5.74, 6) is 2.37. The van der Waals surface area contributed by atoms with Gasteiger partial charge >= 0.3 is 0 Å². The van der Waals surface area contributed by atoms with Crippen LogP contribution in [0, 0.1) is 0 Å². The molecule has 1 aliphatic rings. The van der Waals surface area contributed by atoms with Crippen LogP contribution in [-0.2, 0) is 6.61 Å². The van der Waals surface area contributed by atoms with Crippen molar-refractivity contribution in [1.29, 1.82) is 0 Å². The summed E-state index contributed by atoms with van der Waals surface area (Å²) in [7, 11) is 4.54. The monoisotopic (exact) mass is 362 g/mol. The molecular formula is C19H22O7. The van der Waals surface area contributed by atoms with E-state index >= 15 is 0 Å². The van der Waals surface area contributed by atoms with Crippen LogP contribution in [0.25, 0.3) is 11.1 Å². The molecule has 2 aromatic carbocycles. The average Bonchev–Trinajstić information content (AvgIpc) is 3.12. The van der Waals surface area contributed by atoms with E-state index in [1.807, 2.05) is 0 Å². The molecule has 0 bridgehead atoms. The highest BCUT2D eigenvalue weighted by atomic mass is 16.7. The van der Waals surface area contributed by atoms with Crippen molar-refractivity contribution in [2.24, 2.45) is 0 Å². The van der Waals surface area contributed by atoms with E-state index < -0.39 is 6.10 Å². The number of rotatable bonds is 6. The standard InChI is InChI=1S/C19H22O7/c1-10(21)12-6-14-15(26-9-25-14)7-13(12)17-11(8-20)5-16(22-2)18(23-3)19(17)24-4/h5-7,10,20-21H,8-9H2,1-4H3. The summed E-state index contributed by atoms with van der Waals surface area (Å²) in [5, 5.41) is 20.2. The van der Waals surface area contributed by atoms with E-state index in [4.69, 9.17) is 23.7 Å². The fourth-order valence-electron chi connectivity index (χ4n) is 3.15. The van der Waals surface area contributed by atoms with Crippen molar-refractivity contribution in [3.05, 3.63) is 29.3 Å². The van der Waals surface area contributed by atoms with E-state index in [1.165, 1.54) is 21.3 Å². The Hall–Kier alpha value is -2.64. The van der Waals surface area contributed by atoms with Crippen LogP contribution in [0.5, 0.6) is 28.7 Å². The van der Waals surface area contributed by atoms with Crippen LogP contribution in [0.3, 0.4) is 0 Å². The van der Waals surface area contributed by atoms with Gasteiger partial charge in [-0.15, -0.1) is 0 Å². The molecule has 0 aliphatic carbocycles. The van der Waals surface area contributed by atoms with E-state index in [9.17, 15) is 10.2 Å². The largest absolute Gasteiger partial charge is 0.493 e. The van der Waals surface area contributed by atoms with Gasteiger partial charge in [0.15, 0.2) is 23.0 Å². The van der Waals surface area contributed by atoms with Gasteiger partial charge in [-0.3, -0.25) is 0 Å². The van der Waals surface area contributed by atoms with Gasteiger partial charge < -0.3 is 33.9 Å². The molecule has 1 aliphatic heterocycles. The summed E-state index contributed by atoms with van der Waals surface area (Å²) in [5.41, 5.74) is 2.45. The highest BCUT2D eigenvalue weighted by Crippen LogP contribution is 2.50. The van der Waals surface area contributed by atoms with Crippen LogP contribution in [0.1, 0.15) is 24.2 Å². The SMILES string of the molecule is COc1cc(CO)c(-c2cc3c(cc2C(C)O)OCO3)c(OC)c1OC. The summed E-state index contributed by atoms with van der Waals surface area (Å²) in [6.45, 7) is 1.53. The highest BCUT2D eigenvalue weighted by Gasteiger charge is 2.27. The second-order valence-corrected chi connectivity index (χ2v) is 5.81. The molecule has 7 nitrogen and oxygen atoms in total. The molecule has 2 N–H and O–H groups in total. The Morgan fingerprint density at radius 1 is 1.00 bits per heavy atom. The van der Waals surface area contributed by atoms with Gasteiger partial charge in [0.05, 0.1) is 34.0 Å². The van der Waals surface area contributed by atoms with E-state index in [1.54, 1.807) is 25.1 Å². The molecule has 0 fully saturated rings.